The molecule has 0 aliphatic carbocycles. The van der Waals surface area contributed by atoms with Crippen LogP contribution < -0.4 is 10.5 Å². The minimum Gasteiger partial charge on any atom is -0.376 e. The second kappa shape index (κ2) is 6.02. The molecule has 1 N–H and O–H groups in total. The molecular weight excluding hydrogens is 304 g/mol. The quantitative estimate of drug-likeness (QED) is 0.916. The summed E-state index contributed by atoms with van der Waals surface area (Å²) >= 11 is 0. The van der Waals surface area contributed by atoms with Gasteiger partial charge in [0.2, 0.25) is 0 Å². The number of pyridine rings is 1. The first-order valence-electron chi connectivity index (χ1n) is 8.55. The molecule has 2 saturated heterocycles. The van der Waals surface area contributed by atoms with Gasteiger partial charge in [-0.3, -0.25) is 4.79 Å². The van der Waals surface area contributed by atoms with Crippen molar-refractivity contribution in [2.45, 2.75) is 45.3 Å². The summed E-state index contributed by atoms with van der Waals surface area (Å²) < 4.78 is 5.82. The summed E-state index contributed by atoms with van der Waals surface area (Å²) in [5.74, 6) is 1.55. The van der Waals surface area contributed by atoms with Crippen molar-refractivity contribution < 1.29 is 4.74 Å². The highest BCUT2D eigenvalue weighted by molar-refractivity contribution is 5.57. The first-order chi connectivity index (χ1) is 11.6. The van der Waals surface area contributed by atoms with E-state index >= 15 is 0 Å². The first-order valence-corrected chi connectivity index (χ1v) is 8.55. The Morgan fingerprint density at radius 1 is 1.29 bits per heavy atom. The molecule has 0 spiro atoms. The molecular formula is C18H22N4O2. The van der Waals surface area contributed by atoms with Gasteiger partial charge < -0.3 is 14.6 Å². The molecule has 2 atom stereocenters. The number of nitrogens with one attached hydrogen (secondary N) is 1. The van der Waals surface area contributed by atoms with Gasteiger partial charge in [-0.15, -0.1) is 0 Å². The lowest BCUT2D eigenvalue weighted by Crippen LogP contribution is -2.46. The fraction of sp³-hybridized carbons (Fsp3) is 0.500. The third-order valence-corrected chi connectivity index (χ3v) is 5.17. The summed E-state index contributed by atoms with van der Waals surface area (Å²) in [4.78, 5) is 26.2. The molecule has 0 radical (unpaired) electrons. The minimum atomic E-state index is -0.0939. The Hall–Kier alpha value is -2.21. The number of piperidine rings is 1. The fourth-order valence-electron chi connectivity index (χ4n) is 3.66. The minimum absolute atomic E-state index is 0.0939. The molecule has 0 saturated carbocycles. The Labute approximate surface area is 140 Å². The van der Waals surface area contributed by atoms with Crippen molar-refractivity contribution in [3.63, 3.8) is 0 Å². The summed E-state index contributed by atoms with van der Waals surface area (Å²) in [6, 6.07) is 4.44. The maximum absolute atomic E-state index is 11.9. The number of H-pyrrole nitrogens is 1. The molecule has 6 heteroatoms. The van der Waals surface area contributed by atoms with Gasteiger partial charge in [0.05, 0.1) is 12.1 Å². The standard InChI is InChI=1S/C18H22N4O2/c1-11-12(2)20-17(21-18(11)23)13-5-6-16(19-10-13)22-8-3-4-15-14(22)7-9-24-15/h5-6,10,14-15H,3-4,7-9H2,1-2H3,(H,20,21,23)/t14-,15-/m1/s1. The maximum atomic E-state index is 11.9. The molecule has 24 heavy (non-hydrogen) atoms. The Kier molecular flexibility index (Phi) is 3.84. The number of fused-ring (bicyclic) bond motifs is 1. The highest BCUT2D eigenvalue weighted by atomic mass is 16.5. The molecule has 6 nitrogen and oxygen atoms in total. The Balaban J connectivity index is 1.62. The monoisotopic (exact) mass is 326 g/mol. The summed E-state index contributed by atoms with van der Waals surface area (Å²) in [7, 11) is 0. The number of aryl methyl sites for hydroxylation is 1. The third kappa shape index (κ3) is 2.60. The summed E-state index contributed by atoms with van der Waals surface area (Å²) in [6.07, 6.45) is 5.49. The molecule has 0 aromatic carbocycles. The Morgan fingerprint density at radius 2 is 2.17 bits per heavy atom. The van der Waals surface area contributed by atoms with Crippen LogP contribution in [0.5, 0.6) is 0 Å². The van der Waals surface area contributed by atoms with Crippen LogP contribution in [0.2, 0.25) is 0 Å². The molecule has 0 bridgehead atoms. The van der Waals surface area contributed by atoms with E-state index in [1.165, 1.54) is 0 Å². The number of hydrogen-bond acceptors (Lipinski definition) is 5. The van der Waals surface area contributed by atoms with E-state index in [4.69, 9.17) is 4.74 Å². The highest BCUT2D eigenvalue weighted by Crippen LogP contribution is 2.31. The fourth-order valence-corrected chi connectivity index (χ4v) is 3.66. The molecule has 4 rings (SSSR count). The van der Waals surface area contributed by atoms with E-state index in [0.717, 1.165) is 49.5 Å². The molecule has 0 unspecified atom stereocenters. The highest BCUT2D eigenvalue weighted by Gasteiger charge is 2.36. The smallest absolute Gasteiger partial charge is 0.254 e. The molecule has 2 aliphatic heterocycles. The van der Waals surface area contributed by atoms with Crippen LogP contribution in [0.3, 0.4) is 0 Å². The lowest BCUT2D eigenvalue weighted by Gasteiger charge is -2.37. The number of anilines is 1. The van der Waals surface area contributed by atoms with Gasteiger partial charge in [-0.1, -0.05) is 0 Å². The van der Waals surface area contributed by atoms with Gasteiger partial charge in [-0.05, 0) is 45.2 Å². The largest absolute Gasteiger partial charge is 0.376 e. The van der Waals surface area contributed by atoms with Gasteiger partial charge >= 0.3 is 0 Å². The van der Waals surface area contributed by atoms with Crippen LogP contribution in [-0.2, 0) is 4.74 Å². The number of aromatic amines is 1. The second-order valence-electron chi connectivity index (χ2n) is 6.63. The predicted octanol–water partition coefficient (Wildman–Crippen LogP) is 2.21. The zero-order valence-corrected chi connectivity index (χ0v) is 14.1. The van der Waals surface area contributed by atoms with Crippen molar-refractivity contribution in [3.8, 4) is 11.4 Å². The second-order valence-corrected chi connectivity index (χ2v) is 6.63. The zero-order valence-electron chi connectivity index (χ0n) is 14.1. The molecule has 4 heterocycles. The van der Waals surface area contributed by atoms with E-state index < -0.39 is 0 Å². The van der Waals surface area contributed by atoms with E-state index in [1.54, 1.807) is 13.1 Å². The average molecular weight is 326 g/mol. The lowest BCUT2D eigenvalue weighted by molar-refractivity contribution is 0.0861. The number of aromatic nitrogens is 3. The average Bonchev–Trinajstić information content (AvgIpc) is 3.08. The molecule has 2 aromatic heterocycles. The molecule has 0 amide bonds. The van der Waals surface area contributed by atoms with Crippen LogP contribution in [0, 0.1) is 13.8 Å². The molecule has 126 valence electrons. The van der Waals surface area contributed by atoms with Crippen LogP contribution in [0.15, 0.2) is 23.1 Å². The number of nitrogens with zero attached hydrogens (tertiary/aromatic N) is 3. The van der Waals surface area contributed by atoms with E-state index in [2.05, 4.69) is 19.9 Å². The number of ether oxygens (including phenoxy) is 1. The van der Waals surface area contributed by atoms with E-state index in [0.29, 0.717) is 23.5 Å². The molecule has 2 aromatic rings. The molecule has 2 aliphatic rings. The van der Waals surface area contributed by atoms with Crippen molar-refractivity contribution >= 4 is 5.82 Å². The number of rotatable bonds is 2. The zero-order chi connectivity index (χ0) is 16.7. The Morgan fingerprint density at radius 3 is 2.92 bits per heavy atom. The third-order valence-electron chi connectivity index (χ3n) is 5.17. The Bertz CT molecular complexity index is 800. The molecule has 2 fully saturated rings. The van der Waals surface area contributed by atoms with Gasteiger partial charge in [-0.2, -0.15) is 0 Å². The first kappa shape index (κ1) is 15.3. The van der Waals surface area contributed by atoms with Gasteiger partial charge in [0.25, 0.3) is 5.56 Å². The van der Waals surface area contributed by atoms with Crippen molar-refractivity contribution in [2.75, 3.05) is 18.1 Å². The lowest BCUT2D eigenvalue weighted by atomic mass is 9.98. The summed E-state index contributed by atoms with van der Waals surface area (Å²) in [6.45, 7) is 5.50. The van der Waals surface area contributed by atoms with Crippen LogP contribution in [0.1, 0.15) is 30.5 Å². The van der Waals surface area contributed by atoms with Gasteiger partial charge in [0, 0.05) is 36.2 Å². The van der Waals surface area contributed by atoms with Crippen LogP contribution in [-0.4, -0.2) is 40.2 Å². The van der Waals surface area contributed by atoms with Crippen LogP contribution >= 0.6 is 0 Å². The number of hydrogen-bond donors (Lipinski definition) is 1. The van der Waals surface area contributed by atoms with E-state index in [9.17, 15) is 4.79 Å². The predicted molar refractivity (Wildman–Crippen MR) is 92.3 cm³/mol. The van der Waals surface area contributed by atoms with Gasteiger partial charge in [-0.25, -0.2) is 9.97 Å². The van der Waals surface area contributed by atoms with Crippen LogP contribution in [0.25, 0.3) is 11.4 Å². The van der Waals surface area contributed by atoms with Gasteiger partial charge in [0.15, 0.2) is 0 Å². The van der Waals surface area contributed by atoms with Crippen LogP contribution in [0.4, 0.5) is 5.82 Å². The van der Waals surface area contributed by atoms with Crippen molar-refractivity contribution in [2.24, 2.45) is 0 Å². The normalized spacial score (nSPS) is 23.3. The van der Waals surface area contributed by atoms with Crippen molar-refractivity contribution in [1.82, 2.24) is 15.0 Å². The van der Waals surface area contributed by atoms with Gasteiger partial charge in [0.1, 0.15) is 11.6 Å². The maximum Gasteiger partial charge on any atom is 0.254 e. The summed E-state index contributed by atoms with van der Waals surface area (Å²) in [5.41, 5.74) is 2.14. The summed E-state index contributed by atoms with van der Waals surface area (Å²) in [5, 5.41) is 0. The van der Waals surface area contributed by atoms with E-state index in [1.807, 2.05) is 19.1 Å². The van der Waals surface area contributed by atoms with E-state index in [-0.39, 0.29) is 5.56 Å². The van der Waals surface area contributed by atoms with Crippen molar-refractivity contribution in [3.05, 3.63) is 39.9 Å². The SMILES string of the molecule is Cc1nc(-c2ccc(N3CCC[C@H]4OCC[C@H]43)nc2)[nH]c(=O)c1C. The van der Waals surface area contributed by atoms with Crippen molar-refractivity contribution in [1.29, 1.82) is 0 Å². The topological polar surface area (TPSA) is 71.1 Å².